The van der Waals surface area contributed by atoms with Crippen LogP contribution in [0.4, 0.5) is 8.78 Å². The summed E-state index contributed by atoms with van der Waals surface area (Å²) >= 11 is 0. The Morgan fingerprint density at radius 1 is 0.767 bits per heavy atom. The molecule has 3 aromatic rings. The van der Waals surface area contributed by atoms with Crippen molar-refractivity contribution in [2.75, 3.05) is 0 Å². The molecule has 3 rings (SSSR count). The van der Waals surface area contributed by atoms with E-state index in [1.807, 2.05) is 25.1 Å². The maximum atomic E-state index is 12.3. The van der Waals surface area contributed by atoms with Crippen LogP contribution in [0.25, 0.3) is 6.08 Å². The molecule has 0 nitrogen and oxygen atoms in total. The minimum absolute atomic E-state index is 0.458. The summed E-state index contributed by atoms with van der Waals surface area (Å²) in [4.78, 5) is 0. The first-order valence-corrected chi connectivity index (χ1v) is 9.90. The van der Waals surface area contributed by atoms with Gasteiger partial charge in [0.05, 0.1) is 0 Å². The van der Waals surface area contributed by atoms with Gasteiger partial charge >= 0.3 is 0 Å². The number of halogens is 2. The van der Waals surface area contributed by atoms with Crippen LogP contribution in [0.3, 0.4) is 0 Å². The topological polar surface area (TPSA) is 0 Å². The standard InChI is InChI=1S/C28H22F2/c1-3-4-22-5-7-23(8-6-22)9-12-25-16-18-27(21(2)19-25)17-15-24-10-13-26(14-11-24)20-28(29)30/h5-8,10-11,13-14,16,18-20H,3-4H2,1-2H3. The Balaban J connectivity index is 1.72. The summed E-state index contributed by atoms with van der Waals surface area (Å²) in [6.45, 7) is 4.18. The third-order valence-corrected chi connectivity index (χ3v) is 4.60. The van der Waals surface area contributed by atoms with Crippen molar-refractivity contribution in [3.05, 3.63) is 112 Å². The van der Waals surface area contributed by atoms with Crippen molar-refractivity contribution in [1.82, 2.24) is 0 Å². The van der Waals surface area contributed by atoms with Crippen molar-refractivity contribution in [3.63, 3.8) is 0 Å². The van der Waals surface area contributed by atoms with Gasteiger partial charge in [-0.15, -0.1) is 0 Å². The highest BCUT2D eigenvalue weighted by Crippen LogP contribution is 2.12. The maximum absolute atomic E-state index is 12.3. The van der Waals surface area contributed by atoms with Gasteiger partial charge in [0.15, 0.2) is 0 Å². The largest absolute Gasteiger partial charge is 0.270 e. The second kappa shape index (κ2) is 10.2. The first-order valence-electron chi connectivity index (χ1n) is 9.90. The second-order valence-corrected chi connectivity index (χ2v) is 7.03. The average Bonchev–Trinajstić information content (AvgIpc) is 2.73. The van der Waals surface area contributed by atoms with Gasteiger partial charge in [-0.05, 0) is 72.5 Å². The lowest BCUT2D eigenvalue weighted by Crippen LogP contribution is -1.86. The van der Waals surface area contributed by atoms with Crippen molar-refractivity contribution in [1.29, 1.82) is 0 Å². The third kappa shape index (κ3) is 6.20. The van der Waals surface area contributed by atoms with E-state index < -0.39 is 6.08 Å². The van der Waals surface area contributed by atoms with E-state index in [9.17, 15) is 8.78 Å². The van der Waals surface area contributed by atoms with Crippen LogP contribution in [0.5, 0.6) is 0 Å². The zero-order valence-electron chi connectivity index (χ0n) is 17.1. The summed E-state index contributed by atoms with van der Waals surface area (Å²) in [5.74, 6) is 12.6. The molecule has 0 fully saturated rings. The van der Waals surface area contributed by atoms with E-state index in [1.54, 1.807) is 24.3 Å². The quantitative estimate of drug-likeness (QED) is 0.419. The number of hydrogen-bond acceptors (Lipinski definition) is 0. The number of benzene rings is 3. The Bertz CT molecular complexity index is 1160. The second-order valence-electron chi connectivity index (χ2n) is 7.03. The van der Waals surface area contributed by atoms with E-state index in [4.69, 9.17) is 0 Å². The van der Waals surface area contributed by atoms with Gasteiger partial charge in [-0.2, -0.15) is 8.78 Å². The Morgan fingerprint density at radius 2 is 1.33 bits per heavy atom. The SMILES string of the molecule is CCCc1ccc(C#Cc2ccc(C#Cc3ccc(C=C(F)F)cc3)c(C)c2)cc1. The molecular weight excluding hydrogens is 374 g/mol. The fourth-order valence-corrected chi connectivity index (χ4v) is 3.00. The van der Waals surface area contributed by atoms with Crippen LogP contribution in [0.15, 0.2) is 72.8 Å². The molecule has 30 heavy (non-hydrogen) atoms. The minimum atomic E-state index is -1.71. The zero-order valence-corrected chi connectivity index (χ0v) is 17.1. The van der Waals surface area contributed by atoms with Crippen molar-refractivity contribution in [3.8, 4) is 23.7 Å². The van der Waals surface area contributed by atoms with Gasteiger partial charge in [-0.25, -0.2) is 0 Å². The zero-order chi connectivity index (χ0) is 21.3. The summed E-state index contributed by atoms with van der Waals surface area (Å²) in [5.41, 5.74) is 6.49. The highest BCUT2D eigenvalue weighted by atomic mass is 19.3. The van der Waals surface area contributed by atoms with E-state index in [1.165, 1.54) is 5.56 Å². The van der Waals surface area contributed by atoms with E-state index >= 15 is 0 Å². The van der Waals surface area contributed by atoms with Gasteiger partial charge in [0.1, 0.15) is 0 Å². The molecular formula is C28H22F2. The smallest absolute Gasteiger partial charge is 0.173 e. The van der Waals surface area contributed by atoms with Crippen LogP contribution in [0.2, 0.25) is 0 Å². The molecule has 0 saturated carbocycles. The lowest BCUT2D eigenvalue weighted by Gasteiger charge is -2.00. The monoisotopic (exact) mass is 396 g/mol. The number of rotatable bonds is 3. The Morgan fingerprint density at radius 3 is 1.93 bits per heavy atom. The molecule has 0 atom stereocenters. The Hall–Kier alpha value is -3.62. The average molecular weight is 396 g/mol. The van der Waals surface area contributed by atoms with Crippen LogP contribution in [-0.2, 0) is 6.42 Å². The number of hydrogen-bond donors (Lipinski definition) is 0. The number of aryl methyl sites for hydroxylation is 2. The van der Waals surface area contributed by atoms with E-state index in [0.29, 0.717) is 5.56 Å². The maximum Gasteiger partial charge on any atom is 0.270 e. The molecule has 0 bridgehead atoms. The normalized spacial score (nSPS) is 9.73. The van der Waals surface area contributed by atoms with Crippen LogP contribution in [0, 0.1) is 30.6 Å². The van der Waals surface area contributed by atoms with Gasteiger partial charge in [0.25, 0.3) is 6.08 Å². The van der Waals surface area contributed by atoms with E-state index in [2.05, 4.69) is 54.9 Å². The van der Waals surface area contributed by atoms with Gasteiger partial charge < -0.3 is 0 Å². The molecule has 0 amide bonds. The molecule has 0 aliphatic rings. The van der Waals surface area contributed by atoms with Crippen LogP contribution in [0.1, 0.15) is 52.3 Å². The molecule has 0 radical (unpaired) electrons. The lowest BCUT2D eigenvalue weighted by molar-refractivity contribution is 0.429. The van der Waals surface area contributed by atoms with Gasteiger partial charge in [0, 0.05) is 28.3 Å². The molecule has 0 saturated heterocycles. The predicted molar refractivity (Wildman–Crippen MR) is 120 cm³/mol. The Labute approximate surface area is 177 Å². The highest BCUT2D eigenvalue weighted by molar-refractivity contribution is 5.54. The lowest BCUT2D eigenvalue weighted by atomic mass is 10.0. The summed E-state index contributed by atoms with van der Waals surface area (Å²) in [6.07, 6.45) is 1.36. The highest BCUT2D eigenvalue weighted by Gasteiger charge is 1.97. The first-order chi connectivity index (χ1) is 14.5. The molecule has 0 N–H and O–H groups in total. The van der Waals surface area contributed by atoms with Crippen molar-refractivity contribution in [2.24, 2.45) is 0 Å². The summed E-state index contributed by atoms with van der Waals surface area (Å²) in [7, 11) is 0. The molecule has 0 aromatic heterocycles. The first kappa shape index (κ1) is 21.1. The molecule has 0 heterocycles. The van der Waals surface area contributed by atoms with Crippen LogP contribution >= 0.6 is 0 Å². The summed E-state index contributed by atoms with van der Waals surface area (Å²) < 4.78 is 24.6. The van der Waals surface area contributed by atoms with Crippen LogP contribution < -0.4 is 0 Å². The predicted octanol–water partition coefficient (Wildman–Crippen LogP) is 6.98. The molecule has 3 aromatic carbocycles. The molecule has 2 heteroatoms. The molecule has 148 valence electrons. The van der Waals surface area contributed by atoms with Gasteiger partial charge in [-0.3, -0.25) is 0 Å². The molecule has 0 aliphatic carbocycles. The minimum Gasteiger partial charge on any atom is -0.173 e. The van der Waals surface area contributed by atoms with Crippen molar-refractivity contribution < 1.29 is 8.78 Å². The van der Waals surface area contributed by atoms with E-state index in [-0.39, 0.29) is 0 Å². The molecule has 0 aliphatic heterocycles. The summed E-state index contributed by atoms with van der Waals surface area (Å²) in [6, 6.07) is 21.1. The van der Waals surface area contributed by atoms with Gasteiger partial charge in [-0.1, -0.05) is 61.3 Å². The van der Waals surface area contributed by atoms with Crippen LogP contribution in [-0.4, -0.2) is 0 Å². The van der Waals surface area contributed by atoms with E-state index in [0.717, 1.165) is 46.7 Å². The van der Waals surface area contributed by atoms with Crippen molar-refractivity contribution in [2.45, 2.75) is 26.7 Å². The molecule has 0 spiro atoms. The fourth-order valence-electron chi connectivity index (χ4n) is 3.00. The van der Waals surface area contributed by atoms with Crippen molar-refractivity contribution >= 4 is 6.08 Å². The molecule has 0 unspecified atom stereocenters. The summed E-state index contributed by atoms with van der Waals surface area (Å²) in [5, 5.41) is 0. The third-order valence-electron chi connectivity index (χ3n) is 4.60. The Kier molecular flexibility index (Phi) is 7.20. The van der Waals surface area contributed by atoms with Gasteiger partial charge in [0.2, 0.25) is 0 Å². The fraction of sp³-hybridized carbons (Fsp3) is 0.143.